The minimum atomic E-state index is 0. The van der Waals surface area contributed by atoms with Gasteiger partial charge in [0.15, 0.2) is 0 Å². The molecule has 4 heteroatoms. The van der Waals surface area contributed by atoms with Gasteiger partial charge in [-0.25, -0.2) is 0 Å². The fourth-order valence-corrected chi connectivity index (χ4v) is 0.760. The van der Waals surface area contributed by atoms with E-state index in [0.29, 0.717) is 0 Å². The zero-order valence-electron chi connectivity index (χ0n) is 3.84. The summed E-state index contributed by atoms with van der Waals surface area (Å²) < 4.78 is 1.25. The molecule has 1 aromatic heterocycles. The molecule has 0 aliphatic heterocycles. The van der Waals surface area contributed by atoms with Crippen LogP contribution in [0.15, 0.2) is 18.3 Å². The van der Waals surface area contributed by atoms with E-state index in [9.17, 15) is 0 Å². The number of hydrogen-bond donors (Lipinski definition) is 1. The molecule has 0 aliphatic rings. The SMILES string of the molecule is [F-].[F-].[Os+2][c]1ccc[nH]1. The summed E-state index contributed by atoms with van der Waals surface area (Å²) in [5.41, 5.74) is 0. The third kappa shape index (κ3) is 2.87. The fourth-order valence-electron chi connectivity index (χ4n) is 0.304. The molecule has 0 radical (unpaired) electrons. The second kappa shape index (κ2) is 4.92. The molecule has 1 rings (SSSR count). The first-order valence-corrected chi connectivity index (χ1v) is 2.94. The van der Waals surface area contributed by atoms with Gasteiger partial charge in [-0.1, -0.05) is 0 Å². The molecule has 0 unspecified atom stereocenters. The van der Waals surface area contributed by atoms with Crippen LogP contribution in [0.2, 0.25) is 0 Å². The normalized spacial score (nSPS) is 6.50. The summed E-state index contributed by atoms with van der Waals surface area (Å²) in [6.45, 7) is 0. The first-order chi connectivity index (χ1) is 2.89. The molecule has 8 heavy (non-hydrogen) atoms. The summed E-state index contributed by atoms with van der Waals surface area (Å²) in [6.07, 6.45) is 1.92. The van der Waals surface area contributed by atoms with Crippen molar-refractivity contribution in [2.45, 2.75) is 0 Å². The zero-order valence-corrected chi connectivity index (χ0v) is 6.38. The van der Waals surface area contributed by atoms with Gasteiger partial charge in [-0.05, 0) is 0 Å². The van der Waals surface area contributed by atoms with E-state index in [4.69, 9.17) is 0 Å². The average molecular weight is 294 g/mol. The van der Waals surface area contributed by atoms with Gasteiger partial charge in [-0.2, -0.15) is 0 Å². The van der Waals surface area contributed by atoms with Gasteiger partial charge in [-0.15, -0.1) is 0 Å². The summed E-state index contributed by atoms with van der Waals surface area (Å²) in [6, 6.07) is 4.03. The second-order valence-corrected chi connectivity index (χ2v) is 2.37. The van der Waals surface area contributed by atoms with E-state index in [0.717, 1.165) is 0 Å². The molecule has 0 aliphatic carbocycles. The van der Waals surface area contributed by atoms with Crippen molar-refractivity contribution in [3.8, 4) is 0 Å². The van der Waals surface area contributed by atoms with Crippen LogP contribution < -0.4 is 13.7 Å². The maximum absolute atomic E-state index is 3.01. The van der Waals surface area contributed by atoms with Crippen LogP contribution in [0.4, 0.5) is 0 Å². The Balaban J connectivity index is 0. The van der Waals surface area contributed by atoms with Gasteiger partial charge in [0.1, 0.15) is 0 Å². The summed E-state index contributed by atoms with van der Waals surface area (Å²) in [5, 5.41) is 0. The summed E-state index contributed by atoms with van der Waals surface area (Å²) in [5.74, 6) is 0. The van der Waals surface area contributed by atoms with Crippen LogP contribution in [0.5, 0.6) is 0 Å². The Morgan fingerprint density at radius 2 is 2.00 bits per heavy atom. The van der Waals surface area contributed by atoms with Crippen LogP contribution in [0.3, 0.4) is 0 Å². The van der Waals surface area contributed by atoms with Crippen molar-refractivity contribution in [1.82, 2.24) is 4.98 Å². The van der Waals surface area contributed by atoms with Crippen LogP contribution in [0.25, 0.3) is 0 Å². The molecular weight excluding hydrogens is 290 g/mol. The number of aromatic nitrogens is 1. The number of halogens is 2. The van der Waals surface area contributed by atoms with E-state index in [1.54, 1.807) is 0 Å². The molecule has 1 aromatic rings. The summed E-state index contributed by atoms with van der Waals surface area (Å²) in [7, 11) is 0. The number of nitrogens with one attached hydrogen (secondary N) is 1. The number of hydrogen-bond acceptors (Lipinski definition) is 0. The first-order valence-electron chi connectivity index (χ1n) is 1.67. The predicted octanol–water partition coefficient (Wildman–Crippen LogP) is -5.81. The molecule has 1 N–H and O–H groups in total. The van der Waals surface area contributed by atoms with Crippen molar-refractivity contribution in [2.24, 2.45) is 0 Å². The van der Waals surface area contributed by atoms with Crippen molar-refractivity contribution in [3.63, 3.8) is 0 Å². The number of rotatable bonds is 0. The Kier molecular flexibility index (Phi) is 6.59. The molecule has 0 amide bonds. The minimum absolute atomic E-state index is 0. The maximum atomic E-state index is 3.01. The summed E-state index contributed by atoms with van der Waals surface area (Å²) in [4.78, 5) is 3.01. The van der Waals surface area contributed by atoms with Crippen LogP contribution in [0, 0.1) is 0 Å². The van der Waals surface area contributed by atoms with Crippen LogP contribution in [0.1, 0.15) is 0 Å². The Hall–Kier alpha value is -0.224. The van der Waals surface area contributed by atoms with E-state index in [1.165, 1.54) is 4.25 Å². The third-order valence-electron chi connectivity index (χ3n) is 0.552. The topological polar surface area (TPSA) is 15.8 Å². The molecule has 0 spiro atoms. The molecule has 0 saturated carbocycles. The van der Waals surface area contributed by atoms with Crippen molar-refractivity contribution in [1.29, 1.82) is 0 Å². The second-order valence-electron chi connectivity index (χ2n) is 1.00. The summed E-state index contributed by atoms with van der Waals surface area (Å²) >= 11 is 1.85. The standard InChI is InChI=1S/C4H4N.2FH.Os/c1-2-4-5-3-1;;;/h1-3,5H;2*1H;/q;;;+2/p-2. The zero-order chi connectivity index (χ0) is 4.41. The first kappa shape index (κ1) is 10.7. The van der Waals surface area contributed by atoms with Crippen molar-refractivity contribution in [3.05, 3.63) is 18.3 Å². The monoisotopic (exact) mass is 296 g/mol. The van der Waals surface area contributed by atoms with E-state index in [1.807, 2.05) is 36.9 Å². The van der Waals surface area contributed by atoms with Crippen molar-refractivity contribution < 1.29 is 28.0 Å². The van der Waals surface area contributed by atoms with Crippen molar-refractivity contribution >= 4 is 4.25 Å². The van der Waals surface area contributed by atoms with E-state index in [2.05, 4.69) is 4.98 Å². The van der Waals surface area contributed by atoms with Gasteiger partial charge >= 0.3 is 46.2 Å². The van der Waals surface area contributed by atoms with E-state index >= 15 is 0 Å². The predicted molar refractivity (Wildman–Crippen MR) is 20.4 cm³/mol. The molecule has 1 heterocycles. The average Bonchev–Trinajstić information content (AvgIpc) is 1.86. The number of aromatic amines is 1. The Morgan fingerprint density at radius 1 is 1.38 bits per heavy atom. The fraction of sp³-hybridized carbons (Fsp3) is 0. The molecule has 47 valence electrons. The molecule has 0 fully saturated rings. The molecule has 0 aromatic carbocycles. The van der Waals surface area contributed by atoms with Crippen LogP contribution in [-0.4, -0.2) is 4.98 Å². The molecule has 0 atom stereocenters. The van der Waals surface area contributed by atoms with Gasteiger partial charge in [0.25, 0.3) is 0 Å². The van der Waals surface area contributed by atoms with Gasteiger partial charge in [-0.3, -0.25) is 0 Å². The third-order valence-corrected chi connectivity index (χ3v) is 1.34. The Bertz CT molecular complexity index is 118. The van der Waals surface area contributed by atoms with Crippen molar-refractivity contribution in [2.75, 3.05) is 0 Å². The quantitative estimate of drug-likeness (QED) is 0.491. The van der Waals surface area contributed by atoms with Gasteiger partial charge in [0.2, 0.25) is 0 Å². The van der Waals surface area contributed by atoms with Crippen LogP contribution in [-0.2, 0) is 18.6 Å². The molecular formula is C4H4F2NOs. The molecule has 0 saturated heterocycles. The van der Waals surface area contributed by atoms with Crippen LogP contribution >= 0.6 is 0 Å². The number of H-pyrrole nitrogens is 1. The molecule has 1 nitrogen and oxygen atoms in total. The van der Waals surface area contributed by atoms with E-state index < -0.39 is 0 Å². The van der Waals surface area contributed by atoms with Gasteiger partial charge in [0, 0.05) is 0 Å². The van der Waals surface area contributed by atoms with Gasteiger partial charge in [0.05, 0.1) is 0 Å². The van der Waals surface area contributed by atoms with E-state index in [-0.39, 0.29) is 9.41 Å². The Labute approximate surface area is 56.1 Å². The Morgan fingerprint density at radius 3 is 2.12 bits per heavy atom. The van der Waals surface area contributed by atoms with Gasteiger partial charge < -0.3 is 9.41 Å². The molecule has 0 bridgehead atoms.